The maximum atomic E-state index is 13.1. The summed E-state index contributed by atoms with van der Waals surface area (Å²) in [6, 6.07) is 5.30. The Kier molecular flexibility index (Phi) is 16.1. The normalized spacial score (nSPS) is 22.1. The number of phenols is 2. The first-order valence-electron chi connectivity index (χ1n) is 24.7. The van der Waals surface area contributed by atoms with E-state index in [2.05, 4.69) is 24.7 Å². The van der Waals surface area contributed by atoms with Crippen molar-refractivity contribution in [2.75, 3.05) is 0 Å². The fourth-order valence-electron chi connectivity index (χ4n) is 6.76. The monoisotopic (exact) mass is 1020 g/mol. The molecule has 0 saturated carbocycles. The summed E-state index contributed by atoms with van der Waals surface area (Å²) < 4.78 is 159. The van der Waals surface area contributed by atoms with Crippen LogP contribution in [-0.4, -0.2) is 40.8 Å². The van der Waals surface area contributed by atoms with E-state index < -0.39 is 88.4 Å². The van der Waals surface area contributed by atoms with Crippen LogP contribution >= 0.6 is 13.6 Å². The summed E-state index contributed by atoms with van der Waals surface area (Å²) in [5.74, 6) is -3.66. The van der Waals surface area contributed by atoms with Gasteiger partial charge in [0.1, 0.15) is 28.7 Å². The van der Waals surface area contributed by atoms with Crippen LogP contribution in [0.2, 0.25) is 39.3 Å². The van der Waals surface area contributed by atoms with Crippen LogP contribution < -0.4 is 13.0 Å². The number of alkyl halides is 3. The molecule has 2 aliphatic carbocycles. The Balaban J connectivity index is 0.000000682. The van der Waals surface area contributed by atoms with Crippen molar-refractivity contribution in [3.05, 3.63) is 95.4 Å². The quantitative estimate of drug-likeness (QED) is 0.0718. The molecule has 0 bridgehead atoms. The SMILES string of the molecule is [2H]C([2H])=C([C@@H]1CCC(C)=C[C@H]1c1c(O)cc(CCC)cc1O)C([2H])([2H])[2H].[2H]C([2H])=C([C@@H]1CCC(C)=C[C@H]1c1c(O[Si](C)(C)C)cc(OS(=O)(=O)C(F)(F)F)cc1O[Si](C)(C)C)C([2H])([2H])[2H].[CH2-]CC.[Zn+][Br]. The van der Waals surface area contributed by atoms with E-state index >= 15 is 0 Å². The fraction of sp³-hybridized carbons (Fsp3) is 0.533. The van der Waals surface area contributed by atoms with Crippen molar-refractivity contribution in [1.29, 1.82) is 0 Å². The number of aromatic hydroxyl groups is 2. The van der Waals surface area contributed by atoms with Crippen molar-refractivity contribution in [2.24, 2.45) is 11.8 Å². The zero-order valence-corrected chi connectivity index (χ0v) is 43.9. The van der Waals surface area contributed by atoms with E-state index in [4.69, 9.17) is 22.6 Å². The van der Waals surface area contributed by atoms with Gasteiger partial charge in [0, 0.05) is 43.3 Å². The van der Waals surface area contributed by atoms with Gasteiger partial charge >= 0.3 is 45.6 Å². The minimum atomic E-state index is -6.00. The zero-order chi connectivity index (χ0) is 54.7. The molecule has 2 aromatic carbocycles. The number of benzene rings is 2. The topological polar surface area (TPSA) is 102 Å². The molecular weight excluding hydrogens is 943 g/mol. The van der Waals surface area contributed by atoms with Crippen LogP contribution in [0, 0.1) is 18.8 Å². The molecule has 0 aromatic heterocycles. The number of halogens is 4. The number of hydrogen-bond acceptors (Lipinski definition) is 7. The molecule has 0 unspecified atom stereocenters. The third kappa shape index (κ3) is 17.1. The summed E-state index contributed by atoms with van der Waals surface area (Å²) in [5.41, 5.74) is -2.91. The summed E-state index contributed by atoms with van der Waals surface area (Å²) in [5, 5.41) is 21.1. The average molecular weight is 1020 g/mol. The van der Waals surface area contributed by atoms with Gasteiger partial charge in [-0.15, -0.1) is 0 Å². The van der Waals surface area contributed by atoms with E-state index in [-0.39, 0.29) is 39.7 Å². The van der Waals surface area contributed by atoms with Crippen molar-refractivity contribution < 1.29 is 74.9 Å². The number of allylic oxidation sites excluding steroid dienone is 6. The second-order valence-corrected chi connectivity index (χ2v) is 27.1. The number of aryl methyl sites for hydroxylation is 1. The molecule has 60 heavy (non-hydrogen) atoms. The number of rotatable bonds is 12. The minimum absolute atomic E-state index is 0.000329. The average Bonchev–Trinajstić information content (AvgIpc) is 3.14. The van der Waals surface area contributed by atoms with E-state index in [1.165, 1.54) is 16.3 Å². The molecule has 2 N–H and O–H groups in total. The second kappa shape index (κ2) is 23.9. The Labute approximate surface area is 392 Å². The van der Waals surface area contributed by atoms with Gasteiger partial charge in [-0.25, -0.2) is 0 Å². The van der Waals surface area contributed by atoms with Crippen LogP contribution in [0.25, 0.3) is 0 Å². The third-order valence-electron chi connectivity index (χ3n) is 9.04. The molecule has 4 rings (SSSR count). The molecule has 7 nitrogen and oxygen atoms in total. The van der Waals surface area contributed by atoms with E-state index in [1.807, 2.05) is 73.1 Å². The van der Waals surface area contributed by atoms with Crippen LogP contribution in [0.4, 0.5) is 13.2 Å². The Morgan fingerprint density at radius 3 is 1.60 bits per heavy atom. The van der Waals surface area contributed by atoms with Crippen LogP contribution in [0.5, 0.6) is 28.7 Å². The molecule has 334 valence electrons. The third-order valence-corrected chi connectivity index (χ3v) is 11.7. The van der Waals surface area contributed by atoms with Crippen LogP contribution in [0.3, 0.4) is 0 Å². The summed E-state index contributed by atoms with van der Waals surface area (Å²) >= 11 is 4.25. The van der Waals surface area contributed by atoms with Gasteiger partial charge in [-0.05, 0) is 128 Å². The molecular formula is C45H68BrF3O7SSi2Zn. The Morgan fingerprint density at radius 2 is 1.27 bits per heavy atom. The van der Waals surface area contributed by atoms with Crippen LogP contribution in [-0.2, 0) is 32.9 Å². The van der Waals surface area contributed by atoms with Crippen molar-refractivity contribution >= 4 is 40.4 Å². The van der Waals surface area contributed by atoms with Crippen molar-refractivity contribution in [1.82, 2.24) is 0 Å². The van der Waals surface area contributed by atoms with Crippen molar-refractivity contribution in [3.63, 3.8) is 0 Å². The first-order valence-corrected chi connectivity index (χ1v) is 34.8. The second-order valence-electron chi connectivity index (χ2n) is 16.7. The summed E-state index contributed by atoms with van der Waals surface area (Å²) in [6.07, 6.45) is 8.14. The number of phenolic OH excluding ortho intramolecular Hbond substituents is 2. The first-order chi connectivity index (χ1) is 31.8. The van der Waals surface area contributed by atoms with Crippen molar-refractivity contribution in [2.45, 2.75) is 143 Å². The predicted molar refractivity (Wildman–Crippen MR) is 246 cm³/mol. The summed E-state index contributed by atoms with van der Waals surface area (Å²) in [4.78, 5) is 0. The summed E-state index contributed by atoms with van der Waals surface area (Å²) in [6.45, 7) is 15.3. The predicted octanol–water partition coefficient (Wildman–Crippen LogP) is 14.5. The fourth-order valence-corrected chi connectivity index (χ4v) is 8.87. The van der Waals surface area contributed by atoms with E-state index in [0.717, 1.165) is 41.7 Å². The van der Waals surface area contributed by atoms with Crippen molar-refractivity contribution in [3.8, 4) is 28.7 Å². The Bertz CT molecular complexity index is 2260. The Morgan fingerprint density at radius 1 is 0.867 bits per heavy atom. The van der Waals surface area contributed by atoms with E-state index in [0.29, 0.717) is 37.7 Å². The van der Waals surface area contributed by atoms with Gasteiger partial charge in [0.25, 0.3) is 0 Å². The molecule has 15 heteroatoms. The molecule has 2 aliphatic rings. The van der Waals surface area contributed by atoms with Crippen LogP contribution in [0.1, 0.15) is 122 Å². The first kappa shape index (κ1) is 40.5. The molecule has 0 radical (unpaired) electrons. The van der Waals surface area contributed by atoms with Crippen LogP contribution in [0.15, 0.2) is 71.8 Å². The molecule has 0 heterocycles. The molecule has 2 aromatic rings. The van der Waals surface area contributed by atoms with Gasteiger partial charge in [0.05, 0.1) is 5.48 Å². The van der Waals surface area contributed by atoms with Gasteiger partial charge in [-0.3, -0.25) is 0 Å². The van der Waals surface area contributed by atoms with Gasteiger partial charge in [-0.1, -0.05) is 67.8 Å². The molecule has 4 atom stereocenters. The number of hydrogen-bond donors (Lipinski definition) is 2. The Hall–Kier alpha value is -2.32. The molecule has 0 saturated heterocycles. The van der Waals surface area contributed by atoms with Gasteiger partial charge in [0.15, 0.2) is 0 Å². The molecule has 0 amide bonds. The summed E-state index contributed by atoms with van der Waals surface area (Å²) in [7, 11) is -11.0. The zero-order valence-electron chi connectivity index (χ0n) is 46.5. The molecule has 0 aliphatic heterocycles. The van der Waals surface area contributed by atoms with E-state index in [1.54, 1.807) is 18.2 Å². The molecule has 0 spiro atoms. The maximum absolute atomic E-state index is 13.1. The van der Waals surface area contributed by atoms with Gasteiger partial charge < -0.3 is 30.2 Å². The standard InChI is InChI=1S/C23H35F3O5SSi2.C19H26O2.C3H7.BrH.Zn/c1-15(2)18-11-10-16(3)12-19(18)22-20(30-33(4,5)6)13-17(14-21(22)31-34(7,8)9)29-32(27,28)23(24,25)26;1-5-6-14-10-17(20)19(18(21)11-14)16-9-13(4)7-8-15(16)12(2)3;1-3-2;;/h12-14,18-19H,1,10-11H2,2-9H3;9-11,15-16,20-21H,2,5-8H2,1,3-4H3;1,3H2,2H3;1H;/q;;-1;;+2/p-1/t18-,19+;15-,16+;;;/m00.../s1/i1D2,2D3;2D2,3D3;;;. The molecule has 0 fully saturated rings. The van der Waals surface area contributed by atoms with E-state index in [9.17, 15) is 31.8 Å². The van der Waals surface area contributed by atoms with Gasteiger partial charge in [0.2, 0.25) is 16.6 Å². The van der Waals surface area contributed by atoms with Gasteiger partial charge in [-0.2, -0.15) is 28.0 Å².